The van der Waals surface area contributed by atoms with Gasteiger partial charge in [-0.15, -0.1) is 0 Å². The third-order valence-corrected chi connectivity index (χ3v) is 8.48. The van der Waals surface area contributed by atoms with Gasteiger partial charge in [-0.2, -0.15) is 0 Å². The van der Waals surface area contributed by atoms with E-state index in [1.807, 2.05) is 0 Å². The van der Waals surface area contributed by atoms with Crippen LogP contribution in [0.5, 0.6) is 0 Å². The van der Waals surface area contributed by atoms with Gasteiger partial charge in [-0.05, 0) is 63.7 Å². The zero-order chi connectivity index (χ0) is 26.2. The number of aromatic nitrogens is 2. The van der Waals surface area contributed by atoms with Crippen molar-refractivity contribution in [1.82, 2.24) is 9.55 Å². The van der Waals surface area contributed by atoms with Crippen molar-refractivity contribution in [2.45, 2.75) is 0 Å². The molecule has 0 fully saturated rings. The summed E-state index contributed by atoms with van der Waals surface area (Å²) < 4.78 is 2.45. The van der Waals surface area contributed by atoms with Gasteiger partial charge < -0.3 is 9.55 Å². The normalized spacial score (nSPS) is 12.0. The summed E-state index contributed by atoms with van der Waals surface area (Å²) in [5.41, 5.74) is 8.48. The summed E-state index contributed by atoms with van der Waals surface area (Å²) in [5, 5.41) is 10.1. The first-order valence-electron chi connectivity index (χ1n) is 13.8. The quantitative estimate of drug-likeness (QED) is 0.240. The lowest BCUT2D eigenvalue weighted by Crippen LogP contribution is -1.95. The van der Waals surface area contributed by atoms with E-state index in [9.17, 15) is 0 Å². The van der Waals surface area contributed by atoms with Crippen LogP contribution in [0.2, 0.25) is 0 Å². The van der Waals surface area contributed by atoms with Gasteiger partial charge in [0.2, 0.25) is 0 Å². The molecule has 0 saturated carbocycles. The Kier molecular flexibility index (Phi) is 4.36. The number of hydrogen-bond acceptors (Lipinski definition) is 0. The maximum absolute atomic E-state index is 3.64. The number of rotatable bonds is 2. The third kappa shape index (κ3) is 2.99. The average molecular weight is 509 g/mol. The molecule has 2 aromatic heterocycles. The summed E-state index contributed by atoms with van der Waals surface area (Å²) in [6.07, 6.45) is 0. The second kappa shape index (κ2) is 8.08. The van der Waals surface area contributed by atoms with Gasteiger partial charge in [0, 0.05) is 43.7 Å². The number of nitrogens with zero attached hydrogens (tertiary/aromatic N) is 1. The lowest BCUT2D eigenvalue weighted by atomic mass is 9.94. The number of para-hydroxylation sites is 2. The molecule has 2 nitrogen and oxygen atoms in total. The highest BCUT2D eigenvalue weighted by Gasteiger charge is 2.18. The Morgan fingerprint density at radius 2 is 1.12 bits per heavy atom. The van der Waals surface area contributed by atoms with Gasteiger partial charge in [0.25, 0.3) is 0 Å². The third-order valence-electron chi connectivity index (χ3n) is 8.48. The fraction of sp³-hybridized carbons (Fsp3) is 0. The first-order chi connectivity index (χ1) is 19.8. The molecule has 40 heavy (non-hydrogen) atoms. The van der Waals surface area contributed by atoms with Crippen LogP contribution in [-0.4, -0.2) is 9.55 Å². The van der Waals surface area contributed by atoms with Crippen LogP contribution in [0, 0.1) is 0 Å². The van der Waals surface area contributed by atoms with Crippen LogP contribution in [0.4, 0.5) is 0 Å². The predicted molar refractivity (Wildman–Crippen MR) is 171 cm³/mol. The lowest BCUT2D eigenvalue weighted by Gasteiger charge is -2.13. The van der Waals surface area contributed by atoms with Crippen molar-refractivity contribution in [1.29, 1.82) is 0 Å². The number of H-pyrrole nitrogens is 1. The molecule has 7 aromatic carbocycles. The molecule has 2 heteroatoms. The number of nitrogens with one attached hydrogen (secondary N) is 1. The van der Waals surface area contributed by atoms with Gasteiger partial charge in [-0.25, -0.2) is 0 Å². The Bertz CT molecular complexity index is 2440. The molecule has 1 N–H and O–H groups in total. The van der Waals surface area contributed by atoms with Crippen LogP contribution in [-0.2, 0) is 0 Å². The second-order valence-corrected chi connectivity index (χ2v) is 10.7. The van der Waals surface area contributed by atoms with Crippen LogP contribution in [0.1, 0.15) is 0 Å². The van der Waals surface area contributed by atoms with Crippen molar-refractivity contribution in [3.63, 3.8) is 0 Å². The van der Waals surface area contributed by atoms with Crippen LogP contribution in [0.25, 0.3) is 82.0 Å². The van der Waals surface area contributed by atoms with Gasteiger partial charge >= 0.3 is 0 Å². The van der Waals surface area contributed by atoms with Gasteiger partial charge in [-0.1, -0.05) is 103 Å². The molecule has 0 aliphatic rings. The van der Waals surface area contributed by atoms with Crippen LogP contribution in [0.15, 0.2) is 140 Å². The van der Waals surface area contributed by atoms with Gasteiger partial charge in [0.1, 0.15) is 0 Å². The Hall–Kier alpha value is -5.34. The molecule has 0 atom stereocenters. The van der Waals surface area contributed by atoms with Crippen molar-refractivity contribution < 1.29 is 0 Å². The molecule has 0 saturated heterocycles. The summed E-state index contributed by atoms with van der Waals surface area (Å²) in [5.74, 6) is 0. The van der Waals surface area contributed by atoms with Crippen LogP contribution < -0.4 is 0 Å². The largest absolute Gasteiger partial charge is 0.354 e. The second-order valence-electron chi connectivity index (χ2n) is 10.7. The van der Waals surface area contributed by atoms with E-state index in [0.29, 0.717) is 0 Å². The summed E-state index contributed by atoms with van der Waals surface area (Å²) in [6.45, 7) is 0. The molecular formula is C38H24N2. The minimum atomic E-state index is 1.17. The molecule has 0 spiro atoms. The fourth-order valence-corrected chi connectivity index (χ4v) is 6.67. The van der Waals surface area contributed by atoms with E-state index < -0.39 is 0 Å². The maximum atomic E-state index is 3.64. The first kappa shape index (κ1) is 21.6. The molecule has 0 aliphatic carbocycles. The van der Waals surface area contributed by atoms with Crippen molar-refractivity contribution in [3.8, 4) is 16.8 Å². The molecule has 0 amide bonds. The monoisotopic (exact) mass is 508 g/mol. The summed E-state index contributed by atoms with van der Waals surface area (Å²) in [4.78, 5) is 3.64. The molecule has 0 radical (unpaired) electrons. The smallest absolute Gasteiger partial charge is 0.0619 e. The van der Waals surface area contributed by atoms with Crippen LogP contribution >= 0.6 is 0 Å². The van der Waals surface area contributed by atoms with E-state index in [-0.39, 0.29) is 0 Å². The van der Waals surface area contributed by atoms with Crippen molar-refractivity contribution >= 4 is 65.2 Å². The zero-order valence-corrected chi connectivity index (χ0v) is 21.7. The molecule has 9 aromatic rings. The number of fused-ring (bicyclic) bond motifs is 9. The predicted octanol–water partition coefficient (Wildman–Crippen LogP) is 10.4. The molecular weight excluding hydrogens is 484 g/mol. The standard InChI is InChI=1S/C38H24N2/c1-2-10-25-21-27(19-17-24(25)9-1)40-37-16-8-6-13-31(37)34-23-33(28-11-3-4-14-32(28)38(34)40)26-18-20-30-29-12-5-7-15-35(29)39-36(30)22-26/h1-23,39H. The van der Waals surface area contributed by atoms with Crippen molar-refractivity contribution in [2.75, 3.05) is 0 Å². The summed E-state index contributed by atoms with van der Waals surface area (Å²) in [7, 11) is 0. The Morgan fingerprint density at radius 1 is 0.425 bits per heavy atom. The Balaban J connectivity index is 1.39. The van der Waals surface area contributed by atoms with Gasteiger partial charge in [-0.3, -0.25) is 0 Å². The van der Waals surface area contributed by atoms with Crippen LogP contribution in [0.3, 0.4) is 0 Å². The first-order valence-corrected chi connectivity index (χ1v) is 13.8. The Labute approximate surface area is 230 Å². The minimum absolute atomic E-state index is 1.17. The maximum Gasteiger partial charge on any atom is 0.0619 e. The number of hydrogen-bond donors (Lipinski definition) is 1. The SMILES string of the molecule is c1ccc2cc(-n3c4ccccc4c4cc(-c5ccc6c(c5)[nH]c5ccccc56)c5ccccc5c43)ccc2c1. The molecule has 9 rings (SSSR count). The van der Waals surface area contributed by atoms with Crippen molar-refractivity contribution in [2.24, 2.45) is 0 Å². The number of benzene rings is 7. The average Bonchev–Trinajstić information content (AvgIpc) is 3.56. The van der Waals surface area contributed by atoms with Gasteiger partial charge in [0.05, 0.1) is 11.0 Å². The highest BCUT2D eigenvalue weighted by molar-refractivity contribution is 6.22. The van der Waals surface area contributed by atoms with Crippen molar-refractivity contribution in [3.05, 3.63) is 140 Å². The summed E-state index contributed by atoms with van der Waals surface area (Å²) in [6, 6.07) is 50.8. The minimum Gasteiger partial charge on any atom is -0.354 e. The topological polar surface area (TPSA) is 20.7 Å². The highest BCUT2D eigenvalue weighted by Crippen LogP contribution is 2.42. The molecule has 0 unspecified atom stereocenters. The fourth-order valence-electron chi connectivity index (χ4n) is 6.67. The summed E-state index contributed by atoms with van der Waals surface area (Å²) >= 11 is 0. The zero-order valence-electron chi connectivity index (χ0n) is 21.7. The van der Waals surface area contributed by atoms with Gasteiger partial charge in [0.15, 0.2) is 0 Å². The van der Waals surface area contributed by atoms with E-state index in [1.54, 1.807) is 0 Å². The highest BCUT2D eigenvalue weighted by atomic mass is 15.0. The van der Waals surface area contributed by atoms with E-state index in [4.69, 9.17) is 0 Å². The molecule has 0 bridgehead atoms. The molecule has 0 aliphatic heterocycles. The number of aromatic amines is 1. The van der Waals surface area contributed by atoms with E-state index >= 15 is 0 Å². The van der Waals surface area contributed by atoms with E-state index in [2.05, 4.69) is 149 Å². The van der Waals surface area contributed by atoms with E-state index in [1.165, 1.54) is 82.0 Å². The Morgan fingerprint density at radius 3 is 2.02 bits per heavy atom. The lowest BCUT2D eigenvalue weighted by molar-refractivity contribution is 1.19. The molecule has 2 heterocycles. The molecule has 186 valence electrons. The van der Waals surface area contributed by atoms with E-state index in [0.717, 1.165) is 0 Å².